The van der Waals surface area contributed by atoms with E-state index in [0.29, 0.717) is 75.8 Å². The van der Waals surface area contributed by atoms with Crippen molar-refractivity contribution >= 4 is 82.2 Å². The maximum atomic E-state index is 12.5. The van der Waals surface area contributed by atoms with Gasteiger partial charge in [0.25, 0.3) is 10.1 Å². The summed E-state index contributed by atoms with van der Waals surface area (Å²) in [6, 6.07) is 9.17. The summed E-state index contributed by atoms with van der Waals surface area (Å²) in [4.78, 5) is 34.2. The van der Waals surface area contributed by atoms with Gasteiger partial charge in [0.15, 0.2) is 5.75 Å². The lowest BCUT2D eigenvalue weighted by atomic mass is 10.1. The van der Waals surface area contributed by atoms with Crippen molar-refractivity contribution in [2.24, 2.45) is 0 Å². The number of hydrogen-bond donors (Lipinski definition) is 6. The molecule has 2 aliphatic heterocycles. The van der Waals surface area contributed by atoms with E-state index in [0.717, 1.165) is 0 Å². The van der Waals surface area contributed by atoms with Crippen molar-refractivity contribution in [1.82, 2.24) is 29.9 Å². The summed E-state index contributed by atoms with van der Waals surface area (Å²) in [6.07, 6.45) is 3.00. The molecule has 20 nitrogen and oxygen atoms in total. The molecule has 0 unspecified atom stereocenters. The zero-order valence-corrected chi connectivity index (χ0v) is 27.9. The molecule has 0 amide bonds. The Kier molecular flexibility index (Phi) is 10.9. The van der Waals surface area contributed by atoms with Crippen LogP contribution in [0.5, 0.6) is 5.75 Å². The predicted molar refractivity (Wildman–Crippen MR) is 185 cm³/mol. The molecule has 0 aliphatic carbocycles. The van der Waals surface area contributed by atoms with Crippen LogP contribution in [-0.2, 0) is 29.0 Å². The number of ether oxygens (including phenoxy) is 2. The fraction of sp³-hybridized carbons (Fsp3) is 0.286. The van der Waals surface area contributed by atoms with Crippen LogP contribution in [0.1, 0.15) is 11.1 Å². The Morgan fingerprint density at radius 1 is 0.760 bits per heavy atom. The number of hydrogen-bond acceptors (Lipinski definition) is 20. The molecule has 2 aliphatic rings. The monoisotopic (exact) mass is 728 g/mol. The van der Waals surface area contributed by atoms with Crippen LogP contribution >= 0.6 is 12.9 Å². The topological polar surface area (TPSA) is 260 Å². The van der Waals surface area contributed by atoms with E-state index >= 15 is 0 Å². The van der Waals surface area contributed by atoms with Crippen molar-refractivity contribution < 1.29 is 36.7 Å². The van der Waals surface area contributed by atoms with Crippen molar-refractivity contribution in [2.75, 3.05) is 84.5 Å². The molecule has 22 heteroatoms. The molecule has 264 valence electrons. The molecule has 6 rings (SSSR count). The van der Waals surface area contributed by atoms with E-state index in [1.165, 1.54) is 24.3 Å². The SMILES string of the molecule is Nc1nc(Nc2ccc(/C=C/c3ccc(Nc4nc(N)nc(N5CCOCC5)n4)cc3S(=O)(=O)O)c(OOOS)c2)nc(N2CCOCC2)n1. The van der Waals surface area contributed by atoms with Gasteiger partial charge in [-0.2, -0.15) is 38.3 Å². The highest BCUT2D eigenvalue weighted by atomic mass is 32.2. The second-order valence-corrected chi connectivity index (χ2v) is 12.2. The van der Waals surface area contributed by atoms with Crippen LogP contribution < -0.4 is 36.8 Å². The molecule has 2 saturated heterocycles. The van der Waals surface area contributed by atoms with E-state index in [1.54, 1.807) is 24.3 Å². The number of nitrogens with zero attached hydrogens (tertiary/aromatic N) is 8. The molecule has 7 N–H and O–H groups in total. The molecule has 0 saturated carbocycles. The number of aromatic nitrogens is 6. The molecule has 0 spiro atoms. The van der Waals surface area contributed by atoms with Crippen molar-refractivity contribution in [2.45, 2.75) is 4.90 Å². The molecule has 50 heavy (non-hydrogen) atoms. The first-order chi connectivity index (χ1) is 24.1. The van der Waals surface area contributed by atoms with Crippen molar-refractivity contribution in [3.05, 3.63) is 47.5 Å². The van der Waals surface area contributed by atoms with Gasteiger partial charge < -0.3 is 46.3 Å². The van der Waals surface area contributed by atoms with Gasteiger partial charge >= 0.3 is 0 Å². The number of morpholine rings is 2. The van der Waals surface area contributed by atoms with Crippen LogP contribution in [0, 0.1) is 0 Å². The zero-order valence-electron chi connectivity index (χ0n) is 26.2. The third-order valence-electron chi connectivity index (χ3n) is 7.28. The minimum Gasteiger partial charge on any atom is -0.378 e. The fourth-order valence-electron chi connectivity index (χ4n) is 4.97. The Bertz CT molecular complexity index is 1960. The first-order valence-electron chi connectivity index (χ1n) is 15.0. The normalized spacial score (nSPS) is 15.3. The van der Waals surface area contributed by atoms with Gasteiger partial charge in [-0.25, -0.2) is 0 Å². The third kappa shape index (κ3) is 8.92. The summed E-state index contributed by atoms with van der Waals surface area (Å²) in [5, 5.41) is 10.6. The number of rotatable bonds is 12. The zero-order chi connectivity index (χ0) is 35.1. The smallest absolute Gasteiger partial charge is 0.295 e. The second kappa shape index (κ2) is 15.6. The highest BCUT2D eigenvalue weighted by Gasteiger charge is 2.19. The molecule has 0 radical (unpaired) electrons. The largest absolute Gasteiger partial charge is 0.378 e. The third-order valence-corrected chi connectivity index (χ3v) is 8.25. The Labute approximate surface area is 291 Å². The van der Waals surface area contributed by atoms with E-state index in [4.69, 9.17) is 25.8 Å². The van der Waals surface area contributed by atoms with Gasteiger partial charge in [0.05, 0.1) is 26.4 Å². The van der Waals surface area contributed by atoms with E-state index in [1.807, 2.05) is 9.80 Å². The van der Waals surface area contributed by atoms with E-state index in [9.17, 15) is 13.0 Å². The molecule has 2 fully saturated rings. The van der Waals surface area contributed by atoms with Crippen molar-refractivity contribution in [3.8, 4) is 5.75 Å². The average molecular weight is 729 g/mol. The summed E-state index contributed by atoms with van der Waals surface area (Å²) in [6.45, 7) is 4.45. The number of nitrogens with two attached hydrogens (primary N) is 2. The first-order valence-corrected chi connectivity index (χ1v) is 16.8. The van der Waals surface area contributed by atoms with E-state index in [2.05, 4.69) is 62.8 Å². The minimum absolute atomic E-state index is 0.0258. The van der Waals surface area contributed by atoms with E-state index < -0.39 is 15.0 Å². The van der Waals surface area contributed by atoms with E-state index in [-0.39, 0.29) is 40.8 Å². The highest BCUT2D eigenvalue weighted by Crippen LogP contribution is 2.30. The van der Waals surface area contributed by atoms with Crippen molar-refractivity contribution in [3.63, 3.8) is 0 Å². The Balaban J connectivity index is 1.23. The van der Waals surface area contributed by atoms with Gasteiger partial charge in [0.1, 0.15) is 4.90 Å². The molecule has 0 bridgehead atoms. The number of anilines is 8. The molecule has 4 heterocycles. The molecule has 2 aromatic heterocycles. The minimum atomic E-state index is -4.69. The predicted octanol–water partition coefficient (Wildman–Crippen LogP) is 1.89. The molecule has 2 aromatic carbocycles. The molecular weight excluding hydrogens is 697 g/mol. The average Bonchev–Trinajstić information content (AvgIpc) is 3.10. The summed E-state index contributed by atoms with van der Waals surface area (Å²) < 4.78 is 50.1. The number of benzene rings is 2. The van der Waals surface area contributed by atoms with Crippen LogP contribution in [0.15, 0.2) is 41.3 Å². The van der Waals surface area contributed by atoms with Crippen LogP contribution in [-0.4, -0.2) is 95.5 Å². The van der Waals surface area contributed by atoms with Crippen molar-refractivity contribution in [1.29, 1.82) is 0 Å². The number of nitrogen functional groups attached to an aromatic ring is 2. The molecule has 0 atom stereocenters. The van der Waals surface area contributed by atoms with Gasteiger partial charge in [-0.05, 0) is 34.9 Å². The standard InChI is InChI=1S/C28H32N12O8S2/c29-23-33-25(37-27(35-23)39-7-11-44-12-8-39)31-19-5-3-17(21(15-19)46-47-48-49)1-2-18-4-6-20(16-22(18)50(41,42)43)32-26-34-24(30)36-28(38-26)40-9-13-45-14-10-40/h1-6,15-16,49H,7-14H2,(H,41,42,43)(H3,29,31,33,35,37)(H3,30,32,34,36,38)/b2-1+. The summed E-state index contributed by atoms with van der Waals surface area (Å²) in [5.41, 5.74) is 13.2. The summed E-state index contributed by atoms with van der Waals surface area (Å²) in [7, 11) is -4.69. The Morgan fingerprint density at radius 2 is 1.26 bits per heavy atom. The highest BCUT2D eigenvalue weighted by molar-refractivity contribution is 7.86. The van der Waals surface area contributed by atoms with Crippen LogP contribution in [0.2, 0.25) is 0 Å². The van der Waals surface area contributed by atoms with Gasteiger partial charge in [0, 0.05) is 62.1 Å². The van der Waals surface area contributed by atoms with Gasteiger partial charge in [-0.3, -0.25) is 4.55 Å². The summed E-state index contributed by atoms with van der Waals surface area (Å²) in [5.74, 6) is 1.15. The van der Waals surface area contributed by atoms with Crippen LogP contribution in [0.3, 0.4) is 0 Å². The van der Waals surface area contributed by atoms with Crippen LogP contribution in [0.4, 0.5) is 47.1 Å². The maximum Gasteiger partial charge on any atom is 0.295 e. The van der Waals surface area contributed by atoms with Gasteiger partial charge in [0.2, 0.25) is 35.7 Å². The molecule has 4 aromatic rings. The lowest BCUT2D eigenvalue weighted by Crippen LogP contribution is -2.37. The number of thiol groups is 1. The lowest BCUT2D eigenvalue weighted by molar-refractivity contribution is -0.402. The van der Waals surface area contributed by atoms with Gasteiger partial charge in [-0.1, -0.05) is 18.2 Å². The lowest BCUT2D eigenvalue weighted by Gasteiger charge is -2.26. The fourth-order valence-corrected chi connectivity index (χ4v) is 5.71. The Morgan fingerprint density at radius 3 is 1.78 bits per heavy atom. The summed E-state index contributed by atoms with van der Waals surface area (Å²) >= 11 is 3.54. The number of nitrogens with one attached hydrogen (secondary N) is 2. The van der Waals surface area contributed by atoms with Gasteiger partial charge in [-0.15, -0.1) is 4.33 Å². The first kappa shape index (κ1) is 34.8. The molecular formula is C28H32N12O8S2. The Hall–Kier alpha value is -5.10. The van der Waals surface area contributed by atoms with Crippen LogP contribution in [0.25, 0.3) is 12.2 Å². The second-order valence-electron chi connectivity index (χ2n) is 10.6. The quantitative estimate of drug-likeness (QED) is 0.0304. The maximum absolute atomic E-state index is 12.5.